The molecule has 114 valence electrons. The van der Waals surface area contributed by atoms with E-state index in [4.69, 9.17) is 9.84 Å². The van der Waals surface area contributed by atoms with Gasteiger partial charge in [0.1, 0.15) is 5.82 Å². The van der Waals surface area contributed by atoms with E-state index in [1.54, 1.807) is 4.90 Å². The average molecular weight is 295 g/mol. The van der Waals surface area contributed by atoms with Gasteiger partial charge in [0.05, 0.1) is 12.5 Å². The summed E-state index contributed by atoms with van der Waals surface area (Å²) in [5.41, 5.74) is 0.737. The van der Waals surface area contributed by atoms with E-state index in [1.807, 2.05) is 0 Å². The number of likely N-dealkylation sites (tertiary alicyclic amines) is 1. The number of halogens is 1. The van der Waals surface area contributed by atoms with Gasteiger partial charge in [-0.2, -0.15) is 0 Å². The fourth-order valence-electron chi connectivity index (χ4n) is 2.49. The molecule has 0 saturated carbocycles. The number of nitrogens with zero attached hydrogens (tertiary/aromatic N) is 1. The first-order chi connectivity index (χ1) is 10.0. The van der Waals surface area contributed by atoms with Crippen LogP contribution in [0.1, 0.15) is 28.8 Å². The highest BCUT2D eigenvalue weighted by Crippen LogP contribution is 2.20. The number of carbonyl (C=O) groups excluding carboxylic acids is 1. The molecule has 2 rings (SSSR count). The lowest BCUT2D eigenvalue weighted by molar-refractivity contribution is -0.143. The standard InChI is InChI=1S/C15H18FNO4/c1-21-9-12-8-11(2-3-13(12)16)14(18)17-6-4-10(5-7-17)15(19)20/h2-3,8,10H,4-7,9H2,1H3,(H,19,20). The van der Waals surface area contributed by atoms with E-state index in [2.05, 4.69) is 0 Å². The lowest BCUT2D eigenvalue weighted by Crippen LogP contribution is -2.40. The summed E-state index contributed by atoms with van der Waals surface area (Å²) in [6, 6.07) is 4.19. The quantitative estimate of drug-likeness (QED) is 0.921. The van der Waals surface area contributed by atoms with Crippen molar-refractivity contribution in [3.05, 3.63) is 35.1 Å². The lowest BCUT2D eigenvalue weighted by atomic mass is 9.96. The minimum Gasteiger partial charge on any atom is -0.481 e. The molecule has 1 aromatic rings. The van der Waals surface area contributed by atoms with E-state index in [0.717, 1.165) is 0 Å². The van der Waals surface area contributed by atoms with Crippen molar-refractivity contribution in [1.29, 1.82) is 0 Å². The maximum absolute atomic E-state index is 13.5. The molecule has 0 aromatic heterocycles. The van der Waals surface area contributed by atoms with Crippen molar-refractivity contribution in [3.8, 4) is 0 Å². The van der Waals surface area contributed by atoms with Crippen LogP contribution in [-0.4, -0.2) is 42.1 Å². The molecule has 0 bridgehead atoms. The molecular weight excluding hydrogens is 277 g/mol. The predicted molar refractivity (Wildman–Crippen MR) is 73.4 cm³/mol. The van der Waals surface area contributed by atoms with Crippen LogP contribution >= 0.6 is 0 Å². The number of carbonyl (C=O) groups is 2. The smallest absolute Gasteiger partial charge is 0.306 e. The maximum Gasteiger partial charge on any atom is 0.306 e. The number of piperidine rings is 1. The van der Waals surface area contributed by atoms with Gasteiger partial charge in [0.15, 0.2) is 0 Å². The number of carboxylic acids is 1. The molecular formula is C15H18FNO4. The number of hydrogen-bond acceptors (Lipinski definition) is 3. The van der Waals surface area contributed by atoms with Crippen molar-refractivity contribution >= 4 is 11.9 Å². The van der Waals surface area contributed by atoms with Crippen LogP contribution in [0.2, 0.25) is 0 Å². The fraction of sp³-hybridized carbons (Fsp3) is 0.467. The van der Waals surface area contributed by atoms with E-state index >= 15 is 0 Å². The summed E-state index contributed by atoms with van der Waals surface area (Å²) < 4.78 is 18.4. The van der Waals surface area contributed by atoms with Crippen molar-refractivity contribution in [1.82, 2.24) is 4.90 Å². The Labute approximate surface area is 122 Å². The van der Waals surface area contributed by atoms with E-state index < -0.39 is 11.8 Å². The first-order valence-corrected chi connectivity index (χ1v) is 6.82. The SMILES string of the molecule is COCc1cc(C(=O)N2CCC(C(=O)O)CC2)ccc1F. The van der Waals surface area contributed by atoms with Crippen LogP contribution in [0.3, 0.4) is 0 Å². The average Bonchev–Trinajstić information content (AvgIpc) is 2.49. The first-order valence-electron chi connectivity index (χ1n) is 6.82. The third-order valence-electron chi connectivity index (χ3n) is 3.72. The molecule has 0 radical (unpaired) electrons. The van der Waals surface area contributed by atoms with E-state index in [0.29, 0.717) is 37.1 Å². The molecule has 0 spiro atoms. The van der Waals surface area contributed by atoms with Crippen molar-refractivity contribution < 1.29 is 23.8 Å². The summed E-state index contributed by atoms with van der Waals surface area (Å²) in [5.74, 6) is -1.80. The Bertz CT molecular complexity index is 538. The predicted octanol–water partition coefficient (Wildman–Crippen LogP) is 1.91. The summed E-state index contributed by atoms with van der Waals surface area (Å²) in [4.78, 5) is 24.9. The number of benzene rings is 1. The van der Waals surface area contributed by atoms with Gasteiger partial charge in [0, 0.05) is 31.3 Å². The second kappa shape index (κ2) is 6.67. The summed E-state index contributed by atoms with van der Waals surface area (Å²) in [5, 5.41) is 8.95. The van der Waals surface area contributed by atoms with Crippen molar-refractivity contribution in [2.45, 2.75) is 19.4 Å². The van der Waals surface area contributed by atoms with Crippen LogP contribution in [0.5, 0.6) is 0 Å². The van der Waals surface area contributed by atoms with Crippen molar-refractivity contribution in [2.24, 2.45) is 5.92 Å². The zero-order chi connectivity index (χ0) is 15.4. The minimum absolute atomic E-state index is 0.105. The molecule has 0 unspecified atom stereocenters. The van der Waals surface area contributed by atoms with Gasteiger partial charge in [-0.15, -0.1) is 0 Å². The molecule has 1 heterocycles. The number of amides is 1. The molecule has 1 aromatic carbocycles. The number of methoxy groups -OCH3 is 1. The van der Waals surface area contributed by atoms with Gasteiger partial charge >= 0.3 is 5.97 Å². The Balaban J connectivity index is 2.07. The zero-order valence-corrected chi connectivity index (χ0v) is 11.8. The first kappa shape index (κ1) is 15.4. The highest BCUT2D eigenvalue weighted by molar-refractivity contribution is 5.94. The molecule has 21 heavy (non-hydrogen) atoms. The molecule has 6 heteroatoms. The fourth-order valence-corrected chi connectivity index (χ4v) is 2.49. The third kappa shape index (κ3) is 3.58. The van der Waals surface area contributed by atoms with E-state index in [-0.39, 0.29) is 18.4 Å². The molecule has 1 aliphatic heterocycles. The highest BCUT2D eigenvalue weighted by atomic mass is 19.1. The monoisotopic (exact) mass is 295 g/mol. The van der Waals surface area contributed by atoms with Crippen LogP contribution in [0.25, 0.3) is 0 Å². The van der Waals surface area contributed by atoms with Gasteiger partial charge in [-0.25, -0.2) is 4.39 Å². The number of rotatable bonds is 4. The largest absolute Gasteiger partial charge is 0.481 e. The van der Waals surface area contributed by atoms with Crippen molar-refractivity contribution in [2.75, 3.05) is 20.2 Å². The molecule has 0 aliphatic carbocycles. The number of hydrogen-bond donors (Lipinski definition) is 1. The Morgan fingerprint density at radius 1 is 1.38 bits per heavy atom. The van der Waals surface area contributed by atoms with Gasteiger partial charge < -0.3 is 14.7 Å². The molecule has 1 saturated heterocycles. The van der Waals surface area contributed by atoms with Crippen LogP contribution in [0.15, 0.2) is 18.2 Å². The normalized spacial score (nSPS) is 16.0. The molecule has 5 nitrogen and oxygen atoms in total. The Morgan fingerprint density at radius 2 is 2.05 bits per heavy atom. The van der Waals surface area contributed by atoms with Crippen LogP contribution < -0.4 is 0 Å². The number of ether oxygens (including phenoxy) is 1. The zero-order valence-electron chi connectivity index (χ0n) is 11.8. The van der Waals surface area contributed by atoms with Gasteiger partial charge in [0.2, 0.25) is 0 Å². The summed E-state index contributed by atoms with van der Waals surface area (Å²) >= 11 is 0. The molecule has 0 atom stereocenters. The highest BCUT2D eigenvalue weighted by Gasteiger charge is 2.27. The summed E-state index contributed by atoms with van der Waals surface area (Å²) in [6.45, 7) is 0.924. The lowest BCUT2D eigenvalue weighted by Gasteiger charge is -2.30. The van der Waals surface area contributed by atoms with Gasteiger partial charge in [-0.1, -0.05) is 0 Å². The topological polar surface area (TPSA) is 66.8 Å². The Hall–Kier alpha value is -1.95. The molecule has 1 aliphatic rings. The summed E-state index contributed by atoms with van der Waals surface area (Å²) in [6.07, 6.45) is 0.903. The number of aliphatic carboxylic acids is 1. The molecule has 1 amide bonds. The van der Waals surface area contributed by atoms with Gasteiger partial charge in [-0.05, 0) is 31.0 Å². The Kier molecular flexibility index (Phi) is 4.90. The maximum atomic E-state index is 13.5. The molecule has 1 fully saturated rings. The van der Waals surface area contributed by atoms with Crippen LogP contribution in [0, 0.1) is 11.7 Å². The minimum atomic E-state index is -0.814. The van der Waals surface area contributed by atoms with Crippen molar-refractivity contribution in [3.63, 3.8) is 0 Å². The van der Waals surface area contributed by atoms with Gasteiger partial charge in [-0.3, -0.25) is 9.59 Å². The van der Waals surface area contributed by atoms with Crippen LogP contribution in [-0.2, 0) is 16.1 Å². The third-order valence-corrected chi connectivity index (χ3v) is 3.72. The van der Waals surface area contributed by atoms with E-state index in [1.165, 1.54) is 25.3 Å². The molecule has 1 N–H and O–H groups in total. The summed E-state index contributed by atoms with van der Waals surface area (Å²) in [7, 11) is 1.46. The second-order valence-electron chi connectivity index (χ2n) is 5.14. The van der Waals surface area contributed by atoms with Gasteiger partial charge in [0.25, 0.3) is 5.91 Å². The van der Waals surface area contributed by atoms with E-state index in [9.17, 15) is 14.0 Å². The Morgan fingerprint density at radius 3 is 2.62 bits per heavy atom. The second-order valence-corrected chi connectivity index (χ2v) is 5.14. The van der Waals surface area contributed by atoms with Crippen LogP contribution in [0.4, 0.5) is 4.39 Å². The number of carboxylic acid groups (broad SMARTS) is 1.